The Morgan fingerprint density at radius 1 is 1.09 bits per heavy atom. The molecule has 1 saturated carbocycles. The Morgan fingerprint density at radius 3 is 2.63 bits per heavy atom. The van der Waals surface area contributed by atoms with Crippen LogP contribution in [0.4, 0.5) is 9.59 Å². The number of benzene rings is 1. The minimum absolute atomic E-state index is 0.104. The summed E-state index contributed by atoms with van der Waals surface area (Å²) >= 11 is 1.05. The molecule has 239 valence electrons. The van der Waals surface area contributed by atoms with Gasteiger partial charge in [-0.05, 0) is 42.8 Å². The third-order valence-corrected chi connectivity index (χ3v) is 10.9. The van der Waals surface area contributed by atoms with Gasteiger partial charge in [0.15, 0.2) is 0 Å². The summed E-state index contributed by atoms with van der Waals surface area (Å²) in [5.41, 5.74) is 0.429. The predicted molar refractivity (Wildman–Crippen MR) is 169 cm³/mol. The van der Waals surface area contributed by atoms with Gasteiger partial charge in [-0.15, -0.1) is 0 Å². The highest BCUT2D eigenvalue weighted by atomic mass is 32.2. The van der Waals surface area contributed by atoms with Crippen molar-refractivity contribution >= 4 is 44.4 Å². The maximum absolute atomic E-state index is 13.5. The molecule has 0 bridgehead atoms. The maximum atomic E-state index is 13.5. The number of hydrogen-bond donors (Lipinski definition) is 2. The summed E-state index contributed by atoms with van der Waals surface area (Å²) in [5.74, 6) is 0.722. The van der Waals surface area contributed by atoms with E-state index < -0.39 is 25.9 Å². The zero-order chi connectivity index (χ0) is 30.9. The van der Waals surface area contributed by atoms with Crippen LogP contribution in [0.5, 0.6) is 5.75 Å². The van der Waals surface area contributed by atoms with Crippen LogP contribution in [-0.4, -0.2) is 69.5 Å². The summed E-state index contributed by atoms with van der Waals surface area (Å²) < 4.78 is 18.8. The molecule has 12 heteroatoms. The first-order chi connectivity index (χ1) is 20.9. The average Bonchev–Trinajstić information content (AvgIpc) is 3.25. The normalized spacial score (nSPS) is 15.9. The van der Waals surface area contributed by atoms with E-state index >= 15 is 0 Å². The summed E-state index contributed by atoms with van der Waals surface area (Å²) in [6, 6.07) is 7.84. The Morgan fingerprint density at radius 2 is 1.86 bits per heavy atom. The molecule has 1 aromatic rings. The van der Waals surface area contributed by atoms with E-state index in [0.29, 0.717) is 38.6 Å². The number of ether oxygens (including phenoxy) is 3. The van der Waals surface area contributed by atoms with Crippen LogP contribution >= 0.6 is 11.9 Å². The lowest BCUT2D eigenvalue weighted by molar-refractivity contribution is -0.131. The highest BCUT2D eigenvalue weighted by molar-refractivity contribution is 7.99. The van der Waals surface area contributed by atoms with Gasteiger partial charge in [-0.2, -0.15) is 0 Å². The average molecular weight is 635 g/mol. The molecule has 43 heavy (non-hydrogen) atoms. The number of nitrogens with zero attached hydrogens (tertiary/aromatic N) is 1. The van der Waals surface area contributed by atoms with Crippen LogP contribution in [0.3, 0.4) is 0 Å². The second-order valence-electron chi connectivity index (χ2n) is 11.2. The lowest BCUT2D eigenvalue weighted by Gasteiger charge is -2.26. The fourth-order valence-corrected chi connectivity index (χ4v) is 8.00. The molecular weight excluding hydrogens is 587 g/mol. The van der Waals surface area contributed by atoms with Gasteiger partial charge >= 0.3 is 15.1 Å². The highest BCUT2D eigenvalue weighted by Crippen LogP contribution is 2.30. The SMILES string of the molecule is CCCCCCCOC(=O)NS[C@@H](CC1CCCCC1)C(=O)N[Si](CCC(=O)N1CCOc2ccccc2C1)C(=O)OC. The summed E-state index contributed by atoms with van der Waals surface area (Å²) in [5, 5.41) is -0.584. The second kappa shape index (κ2) is 19.5. The van der Waals surface area contributed by atoms with Gasteiger partial charge in [0.05, 0.1) is 20.3 Å². The molecule has 1 radical (unpaired) electrons. The quantitative estimate of drug-likeness (QED) is 0.130. The summed E-state index contributed by atoms with van der Waals surface area (Å²) in [6.45, 7) is 3.77. The molecule has 3 rings (SSSR count). The fraction of sp³-hybridized carbons (Fsp3) is 0.677. The van der Waals surface area contributed by atoms with Crippen molar-refractivity contribution in [1.82, 2.24) is 14.6 Å². The van der Waals surface area contributed by atoms with Crippen LogP contribution in [0.15, 0.2) is 24.3 Å². The largest absolute Gasteiger partial charge is 0.491 e. The minimum atomic E-state index is -2.22. The van der Waals surface area contributed by atoms with Gasteiger partial charge in [0.25, 0.3) is 5.59 Å². The molecule has 1 atom stereocenters. The smallest absolute Gasteiger partial charge is 0.417 e. The van der Waals surface area contributed by atoms with E-state index in [4.69, 9.17) is 14.2 Å². The third kappa shape index (κ3) is 12.4. The third-order valence-electron chi connectivity index (χ3n) is 7.93. The van der Waals surface area contributed by atoms with Crippen molar-refractivity contribution in [2.45, 2.75) is 102 Å². The van der Waals surface area contributed by atoms with Gasteiger partial charge in [-0.3, -0.25) is 19.1 Å². The van der Waals surface area contributed by atoms with Crippen molar-refractivity contribution in [2.24, 2.45) is 5.92 Å². The molecule has 10 nitrogen and oxygen atoms in total. The first-order valence-corrected chi connectivity index (χ1v) is 18.3. The highest BCUT2D eigenvalue weighted by Gasteiger charge is 2.33. The van der Waals surface area contributed by atoms with Gasteiger partial charge in [-0.1, -0.05) is 82.9 Å². The Bertz CT molecular complexity index is 1040. The Kier molecular flexibility index (Phi) is 15.8. The van der Waals surface area contributed by atoms with Crippen molar-refractivity contribution in [3.05, 3.63) is 29.8 Å². The van der Waals surface area contributed by atoms with Crippen LogP contribution in [0.2, 0.25) is 6.04 Å². The summed E-state index contributed by atoms with van der Waals surface area (Å²) in [4.78, 5) is 56.4. The predicted octanol–water partition coefficient (Wildman–Crippen LogP) is 5.94. The van der Waals surface area contributed by atoms with E-state index in [1.54, 1.807) is 4.90 Å². The zero-order valence-corrected chi connectivity index (χ0v) is 27.5. The van der Waals surface area contributed by atoms with Crippen molar-refractivity contribution < 1.29 is 33.4 Å². The van der Waals surface area contributed by atoms with Gasteiger partial charge in [0.1, 0.15) is 17.6 Å². The summed E-state index contributed by atoms with van der Waals surface area (Å²) in [7, 11) is -0.928. The van der Waals surface area contributed by atoms with Crippen molar-refractivity contribution in [3.8, 4) is 5.75 Å². The molecule has 2 N–H and O–H groups in total. The number of carbonyl (C=O) groups excluding carboxylic acids is 4. The van der Waals surface area contributed by atoms with Crippen LogP contribution < -0.4 is 14.4 Å². The van der Waals surface area contributed by atoms with E-state index in [9.17, 15) is 19.2 Å². The molecule has 2 aliphatic rings. The molecule has 1 heterocycles. The molecule has 1 fully saturated rings. The van der Waals surface area contributed by atoms with E-state index in [0.717, 1.165) is 74.6 Å². The van der Waals surface area contributed by atoms with E-state index in [2.05, 4.69) is 16.6 Å². The second-order valence-corrected chi connectivity index (χ2v) is 14.4. The number of methoxy groups -OCH3 is 1. The number of rotatable bonds is 16. The monoisotopic (exact) mass is 634 g/mol. The van der Waals surface area contributed by atoms with E-state index in [1.165, 1.54) is 20.0 Å². The van der Waals surface area contributed by atoms with Gasteiger partial charge in [0, 0.05) is 18.5 Å². The Balaban J connectivity index is 1.55. The lowest BCUT2D eigenvalue weighted by Crippen LogP contribution is -2.50. The number of amides is 3. The minimum Gasteiger partial charge on any atom is -0.491 e. The molecular formula is C31H48N3O7SSi. The molecule has 1 aliphatic heterocycles. The number of fused-ring (bicyclic) bond motifs is 1. The summed E-state index contributed by atoms with van der Waals surface area (Å²) in [6.07, 6.45) is 10.9. The molecule has 0 saturated heterocycles. The van der Waals surface area contributed by atoms with Crippen LogP contribution in [0.25, 0.3) is 0 Å². The first kappa shape index (κ1) is 34.8. The van der Waals surface area contributed by atoms with Crippen LogP contribution in [0, 0.1) is 5.92 Å². The van der Waals surface area contributed by atoms with Gasteiger partial charge in [-0.25, -0.2) is 4.79 Å². The van der Waals surface area contributed by atoms with E-state index in [1.807, 2.05) is 24.3 Å². The standard InChI is InChI=1S/C31H48N3O7SSi/c1-3-4-5-6-12-19-41-30(37)32-42-27(22-24-13-8-7-9-14-24)29(36)33-43(31(38)39-2)21-17-28(35)34-18-20-40-26-16-11-10-15-25(26)23-34/h10-11,15-16,24,27H,3-9,12-14,17-23H2,1-2H3,(H,32,37)(H,33,36)/t27-/m0/s1. The number of para-hydroxylation sites is 1. The topological polar surface area (TPSA) is 123 Å². The van der Waals surface area contributed by atoms with Crippen LogP contribution in [0.1, 0.15) is 89.5 Å². The number of carbonyl (C=O) groups is 4. The molecule has 1 aliphatic carbocycles. The van der Waals surface area contributed by atoms with Crippen LogP contribution in [-0.2, 0) is 25.6 Å². The number of nitrogens with one attached hydrogen (secondary N) is 2. The molecule has 0 unspecified atom stereocenters. The lowest BCUT2D eigenvalue weighted by atomic mass is 9.86. The molecule has 0 spiro atoms. The molecule has 3 amide bonds. The zero-order valence-electron chi connectivity index (χ0n) is 25.7. The molecule has 1 aromatic carbocycles. The van der Waals surface area contributed by atoms with Crippen molar-refractivity contribution in [2.75, 3.05) is 26.9 Å². The van der Waals surface area contributed by atoms with Crippen molar-refractivity contribution in [1.29, 1.82) is 0 Å². The first-order valence-electron chi connectivity index (χ1n) is 15.7. The Hall–Kier alpha value is -2.73. The molecule has 0 aromatic heterocycles. The van der Waals surface area contributed by atoms with Gasteiger partial charge < -0.3 is 24.1 Å². The van der Waals surface area contributed by atoms with Crippen molar-refractivity contribution in [3.63, 3.8) is 0 Å². The number of unbranched alkanes of at least 4 members (excludes halogenated alkanes) is 4. The maximum Gasteiger partial charge on any atom is 0.417 e. The van der Waals surface area contributed by atoms with E-state index in [-0.39, 0.29) is 24.3 Å². The Labute approximate surface area is 262 Å². The fourth-order valence-electron chi connectivity index (χ4n) is 5.45. The van der Waals surface area contributed by atoms with Gasteiger partial charge in [0.2, 0.25) is 11.8 Å². The number of hydrogen-bond acceptors (Lipinski definition) is 8.